The molecule has 0 amide bonds. The Labute approximate surface area is 98.4 Å². The lowest BCUT2D eigenvalue weighted by Gasteiger charge is -2.06. The Bertz CT molecular complexity index is 474. The molecule has 0 aliphatic heterocycles. The minimum absolute atomic E-state index is 0.0843. The van der Waals surface area contributed by atoms with Crippen LogP contribution in [0.4, 0.5) is 0 Å². The van der Waals surface area contributed by atoms with Crippen molar-refractivity contribution in [3.63, 3.8) is 0 Å². The second-order valence-corrected chi connectivity index (χ2v) is 3.29. The molecular weight excluding hydrogens is 224 g/mol. The van der Waals surface area contributed by atoms with Crippen LogP contribution in [-0.4, -0.2) is 31.1 Å². The molecule has 17 heavy (non-hydrogen) atoms. The summed E-state index contributed by atoms with van der Waals surface area (Å²) in [7, 11) is 2.50. The van der Waals surface area contributed by atoms with Gasteiger partial charge in [0.2, 0.25) is 0 Å². The summed E-state index contributed by atoms with van der Waals surface area (Å²) in [6, 6.07) is 0. The van der Waals surface area contributed by atoms with Gasteiger partial charge in [0.05, 0.1) is 31.1 Å². The van der Waals surface area contributed by atoms with Crippen molar-refractivity contribution in [3.05, 3.63) is 29.2 Å². The van der Waals surface area contributed by atoms with Gasteiger partial charge in [-0.3, -0.25) is 0 Å². The molecule has 1 rings (SSSR count). The van der Waals surface area contributed by atoms with E-state index in [0.29, 0.717) is 11.3 Å². The van der Waals surface area contributed by atoms with Crippen molar-refractivity contribution in [2.45, 2.75) is 6.92 Å². The molecule has 0 aliphatic rings. The first-order valence-electron chi connectivity index (χ1n) is 4.83. The second kappa shape index (κ2) is 5.20. The van der Waals surface area contributed by atoms with Crippen LogP contribution >= 0.6 is 0 Å². The molecule has 0 unspecified atom stereocenters. The summed E-state index contributed by atoms with van der Waals surface area (Å²) < 4.78 is 9.22. The van der Waals surface area contributed by atoms with Gasteiger partial charge in [0, 0.05) is 12.4 Å². The zero-order chi connectivity index (χ0) is 13.0. The van der Waals surface area contributed by atoms with Gasteiger partial charge >= 0.3 is 11.9 Å². The number of aryl methyl sites for hydroxylation is 1. The average Bonchev–Trinajstić information content (AvgIpc) is 2.71. The lowest BCUT2D eigenvalue weighted by atomic mass is 10.1. The number of aromatic nitrogens is 1. The summed E-state index contributed by atoms with van der Waals surface area (Å²) in [5.74, 6) is -1.17. The van der Waals surface area contributed by atoms with Crippen LogP contribution in [0.25, 0.3) is 5.57 Å². The van der Waals surface area contributed by atoms with Crippen LogP contribution in [0, 0.1) is 6.92 Å². The number of aromatic amines is 1. The largest absolute Gasteiger partial charge is 0.465 e. The van der Waals surface area contributed by atoms with Crippen molar-refractivity contribution in [2.24, 2.45) is 5.73 Å². The minimum Gasteiger partial charge on any atom is -0.465 e. The van der Waals surface area contributed by atoms with Gasteiger partial charge in [-0.25, -0.2) is 9.59 Å². The number of hydrogen-bond acceptors (Lipinski definition) is 5. The fraction of sp³-hybridized carbons (Fsp3) is 0.273. The number of methoxy groups -OCH3 is 2. The van der Waals surface area contributed by atoms with E-state index in [0.717, 1.165) is 6.20 Å². The first-order chi connectivity index (χ1) is 8.06. The third kappa shape index (κ3) is 2.30. The summed E-state index contributed by atoms with van der Waals surface area (Å²) in [4.78, 5) is 25.9. The highest BCUT2D eigenvalue weighted by atomic mass is 16.5. The van der Waals surface area contributed by atoms with E-state index in [4.69, 9.17) is 5.73 Å². The van der Waals surface area contributed by atoms with Crippen molar-refractivity contribution in [1.82, 2.24) is 4.98 Å². The molecule has 0 saturated heterocycles. The average molecular weight is 238 g/mol. The van der Waals surface area contributed by atoms with Gasteiger partial charge in [-0.15, -0.1) is 0 Å². The Morgan fingerprint density at radius 2 is 2.00 bits per heavy atom. The maximum Gasteiger partial charge on any atom is 0.341 e. The van der Waals surface area contributed by atoms with Crippen LogP contribution in [0.3, 0.4) is 0 Å². The van der Waals surface area contributed by atoms with Crippen molar-refractivity contribution in [1.29, 1.82) is 0 Å². The highest BCUT2D eigenvalue weighted by Crippen LogP contribution is 2.22. The van der Waals surface area contributed by atoms with E-state index in [9.17, 15) is 9.59 Å². The molecule has 0 aromatic carbocycles. The van der Waals surface area contributed by atoms with Gasteiger partial charge in [-0.2, -0.15) is 0 Å². The van der Waals surface area contributed by atoms with Crippen LogP contribution < -0.4 is 5.73 Å². The minimum atomic E-state index is -0.625. The molecule has 1 aromatic rings. The molecule has 0 radical (unpaired) electrons. The van der Waals surface area contributed by atoms with E-state index in [1.807, 2.05) is 0 Å². The van der Waals surface area contributed by atoms with Crippen LogP contribution in [0.1, 0.15) is 21.6 Å². The topological polar surface area (TPSA) is 94.4 Å². The van der Waals surface area contributed by atoms with Crippen molar-refractivity contribution in [3.8, 4) is 0 Å². The number of ether oxygens (including phenoxy) is 2. The summed E-state index contributed by atoms with van der Waals surface area (Å²) in [5.41, 5.74) is 6.68. The lowest BCUT2D eigenvalue weighted by Crippen LogP contribution is -2.11. The molecule has 0 atom stereocenters. The number of H-pyrrole nitrogens is 1. The van der Waals surface area contributed by atoms with Crippen molar-refractivity contribution >= 4 is 17.5 Å². The number of carbonyl (C=O) groups excluding carboxylic acids is 2. The van der Waals surface area contributed by atoms with Crippen LogP contribution in [-0.2, 0) is 14.3 Å². The summed E-state index contributed by atoms with van der Waals surface area (Å²) >= 11 is 0. The monoisotopic (exact) mass is 238 g/mol. The number of esters is 2. The molecule has 0 saturated carbocycles. The fourth-order valence-corrected chi connectivity index (χ4v) is 1.46. The van der Waals surface area contributed by atoms with Crippen molar-refractivity contribution in [2.75, 3.05) is 14.2 Å². The first kappa shape index (κ1) is 12.8. The number of rotatable bonds is 3. The fourth-order valence-electron chi connectivity index (χ4n) is 1.46. The van der Waals surface area contributed by atoms with Gasteiger partial charge in [-0.05, 0) is 12.5 Å². The van der Waals surface area contributed by atoms with E-state index in [-0.39, 0.29) is 11.1 Å². The van der Waals surface area contributed by atoms with E-state index in [1.54, 1.807) is 13.1 Å². The smallest absolute Gasteiger partial charge is 0.341 e. The quantitative estimate of drug-likeness (QED) is 0.593. The molecule has 92 valence electrons. The molecule has 0 spiro atoms. The molecule has 1 heterocycles. The van der Waals surface area contributed by atoms with E-state index in [1.165, 1.54) is 14.2 Å². The van der Waals surface area contributed by atoms with Crippen LogP contribution in [0.2, 0.25) is 0 Å². The number of carbonyl (C=O) groups is 2. The number of nitrogens with one attached hydrogen (secondary N) is 1. The third-order valence-corrected chi connectivity index (χ3v) is 2.31. The first-order valence-corrected chi connectivity index (χ1v) is 4.83. The van der Waals surface area contributed by atoms with Gasteiger partial charge in [0.15, 0.2) is 0 Å². The molecule has 1 aromatic heterocycles. The number of nitrogens with two attached hydrogens (primary N) is 1. The predicted octanol–water partition coefficient (Wildman–Crippen LogP) is 0.582. The molecular formula is C11H14N2O4. The molecule has 0 bridgehead atoms. The maximum absolute atomic E-state index is 11.6. The van der Waals surface area contributed by atoms with E-state index < -0.39 is 11.9 Å². The van der Waals surface area contributed by atoms with Gasteiger partial charge in [0.1, 0.15) is 0 Å². The van der Waals surface area contributed by atoms with Gasteiger partial charge < -0.3 is 20.2 Å². The summed E-state index contributed by atoms with van der Waals surface area (Å²) in [6.45, 7) is 1.72. The zero-order valence-corrected chi connectivity index (χ0v) is 9.87. The molecule has 6 nitrogen and oxygen atoms in total. The number of hydrogen-bond donors (Lipinski definition) is 2. The molecule has 0 aliphatic carbocycles. The molecule has 3 N–H and O–H groups in total. The summed E-state index contributed by atoms with van der Waals surface area (Å²) in [6.07, 6.45) is 2.68. The third-order valence-electron chi connectivity index (χ3n) is 2.31. The Hall–Kier alpha value is -2.24. The Balaban J connectivity index is 3.32. The van der Waals surface area contributed by atoms with E-state index >= 15 is 0 Å². The van der Waals surface area contributed by atoms with Crippen molar-refractivity contribution < 1.29 is 19.1 Å². The second-order valence-electron chi connectivity index (χ2n) is 3.29. The van der Waals surface area contributed by atoms with Gasteiger partial charge in [-0.1, -0.05) is 0 Å². The Morgan fingerprint density at radius 3 is 2.47 bits per heavy atom. The highest BCUT2D eigenvalue weighted by molar-refractivity contribution is 6.18. The van der Waals surface area contributed by atoms with Gasteiger partial charge in [0.25, 0.3) is 0 Å². The molecule has 0 fully saturated rings. The zero-order valence-electron chi connectivity index (χ0n) is 9.87. The Morgan fingerprint density at radius 1 is 1.35 bits per heavy atom. The standard InChI is InChI=1S/C11H14N2O4/c1-6-5-13-9(8(6)11(15)17-3)7(4-12)10(14)16-2/h4-5,13H,12H2,1-3H3. The normalized spacial score (nSPS) is 11.1. The SMILES string of the molecule is COC(=O)C(=CN)c1[nH]cc(C)c1C(=O)OC. The maximum atomic E-state index is 11.6. The Kier molecular flexibility index (Phi) is 3.92. The highest BCUT2D eigenvalue weighted by Gasteiger charge is 2.23. The van der Waals surface area contributed by atoms with Crippen LogP contribution in [0.5, 0.6) is 0 Å². The predicted molar refractivity (Wildman–Crippen MR) is 61.0 cm³/mol. The lowest BCUT2D eigenvalue weighted by molar-refractivity contribution is -0.133. The summed E-state index contributed by atoms with van der Waals surface area (Å²) in [5, 5.41) is 0. The van der Waals surface area contributed by atoms with Crippen LogP contribution in [0.15, 0.2) is 12.4 Å². The van der Waals surface area contributed by atoms with E-state index in [2.05, 4.69) is 14.5 Å². The molecule has 6 heteroatoms.